The van der Waals surface area contributed by atoms with Gasteiger partial charge in [0, 0.05) is 104 Å². The summed E-state index contributed by atoms with van der Waals surface area (Å²) in [7, 11) is -55.1. The van der Waals surface area contributed by atoms with Crippen LogP contribution in [0.5, 0.6) is 0 Å². The third-order valence-electron chi connectivity index (χ3n) is 14.5. The van der Waals surface area contributed by atoms with E-state index in [1.165, 1.54) is 32.3 Å². The van der Waals surface area contributed by atoms with Crippen molar-refractivity contribution in [1.29, 1.82) is 0 Å². The molecule has 0 bridgehead atoms. The minimum Gasteiger partial charge on any atom is -0.759 e. The molecule has 3 heterocycles. The zero-order valence-corrected chi connectivity index (χ0v) is 84.1. The molecule has 46 heteroatoms. The number of hydrogen-bond acceptors (Lipinski definition) is 32. The molecule has 130 heavy (non-hydrogen) atoms. The predicted octanol–water partition coefficient (Wildman–Crippen LogP) is 16.8. The number of para-hydroxylation sites is 6. The van der Waals surface area contributed by atoms with E-state index in [1.807, 2.05) is 197 Å². The highest BCUT2D eigenvalue weighted by molar-refractivity contribution is 8.75. The van der Waals surface area contributed by atoms with Gasteiger partial charge in [0.1, 0.15) is 0 Å². The Kier molecular flexibility index (Phi) is 49.6. The van der Waals surface area contributed by atoms with Gasteiger partial charge < -0.3 is 63.7 Å². The van der Waals surface area contributed by atoms with Crippen LogP contribution in [0.2, 0.25) is 0 Å². The second-order valence-corrected chi connectivity index (χ2v) is 52.9. The topological polar surface area (TPSA) is 662 Å². The van der Waals surface area contributed by atoms with Gasteiger partial charge in [-0.1, -0.05) is 307 Å². The number of fused-ring (bicyclic) bond motifs is 21. The van der Waals surface area contributed by atoms with Crippen LogP contribution in [0.1, 0.15) is 125 Å². The summed E-state index contributed by atoms with van der Waals surface area (Å²) in [4.78, 5) is 29.4. The van der Waals surface area contributed by atoms with E-state index in [2.05, 4.69) is 146 Å². The van der Waals surface area contributed by atoms with Crippen LogP contribution in [0.15, 0.2) is 218 Å². The molecule has 728 valence electrons. The maximum Gasteiger partial charge on any atom is 0.166 e. The second kappa shape index (κ2) is 51.7. The Hall–Kier alpha value is -9.26. The van der Waals surface area contributed by atoms with E-state index in [0.717, 1.165) is 98.5 Å². The lowest BCUT2D eigenvalue weighted by molar-refractivity contribution is 0.381. The molecule has 15 rings (SSSR count). The monoisotopic (exact) mass is 2000 g/mol. The Labute approximate surface area is 758 Å². The van der Waals surface area contributed by atoms with E-state index in [4.69, 9.17) is 74.1 Å². The molecule has 15 aromatic rings. The van der Waals surface area contributed by atoms with E-state index >= 15 is 0 Å². The minimum atomic E-state index is -6.17. The van der Waals surface area contributed by atoms with E-state index in [0.29, 0.717) is 12.5 Å². The molecule has 0 radical (unpaired) electrons. The Morgan fingerprint density at radius 3 is 0.346 bits per heavy atom. The maximum atomic E-state index is 9.91. The van der Waals surface area contributed by atoms with Crippen LogP contribution < -0.4 is 0 Å². The van der Waals surface area contributed by atoms with Crippen LogP contribution in [0.3, 0.4) is 0 Å². The van der Waals surface area contributed by atoms with Crippen LogP contribution in [0.4, 0.5) is 0 Å². The standard InChI is InChI=1S/3C20H12N2.9C2H6.4CH6O6S2.2CH4O3S/c3*1-3-9-15-13(7-1)14-8-2-4-10-16(14)20-19(15)21-17-11-5-6-12-18(17)22-20;9*1-2;4*1-9(5,6,7)8(2,3)4;2*1-5(2,3)4/h3*1-12H;9*1-2H3;4*1H3,(H,2,3,4)(H2,5,6,7);2*1H3,(H,2,3,4)/p-10. The molecule has 4 N–H and O–H groups in total. The van der Waals surface area contributed by atoms with Crippen molar-refractivity contribution in [3.63, 3.8) is 0 Å². The lowest BCUT2D eigenvalue weighted by Gasteiger charge is -2.39. The lowest BCUT2D eigenvalue weighted by Crippen LogP contribution is -2.38. The van der Waals surface area contributed by atoms with E-state index in [-0.39, 0.29) is 25.0 Å². The summed E-state index contributed by atoms with van der Waals surface area (Å²) in [6, 6.07) is 74.8. The zero-order valence-electron chi connectivity index (χ0n) is 76.0. The maximum absolute atomic E-state index is 9.91. The second-order valence-electron chi connectivity index (χ2n) is 24.0. The van der Waals surface area contributed by atoms with E-state index in [1.54, 1.807) is 0 Å². The number of benzene rings is 12. The molecule has 0 atom stereocenters. The number of rotatable bonds is 4. The van der Waals surface area contributed by atoms with Gasteiger partial charge in [-0.05, 0) is 68.7 Å². The first kappa shape index (κ1) is 125. The largest absolute Gasteiger partial charge is 0.759 e. The third kappa shape index (κ3) is 37.4. The molecular formula is C84H112N6O30S10-10. The molecular weight excluding hydrogens is 1890 g/mol. The summed E-state index contributed by atoms with van der Waals surface area (Å²) in [6.45, 7) is 36.0. The lowest BCUT2D eigenvalue weighted by atomic mass is 9.99. The molecule has 0 aliphatic rings. The van der Waals surface area contributed by atoms with Crippen LogP contribution in [0, 0.1) is 0 Å². The first-order chi connectivity index (χ1) is 59.8. The minimum absolute atomic E-state index is 0.0560. The van der Waals surface area contributed by atoms with Gasteiger partial charge in [-0.3, -0.25) is 16.8 Å². The average Bonchev–Trinajstić information content (AvgIpc) is 0.742. The van der Waals surface area contributed by atoms with Gasteiger partial charge in [0.05, 0.1) is 86.4 Å². The molecule has 12 aromatic carbocycles. The quantitative estimate of drug-likeness (QED) is 0.0550. The highest BCUT2D eigenvalue weighted by atomic mass is 33.2. The van der Waals surface area contributed by atoms with Gasteiger partial charge in [-0.25, -0.2) is 80.4 Å². The highest BCUT2D eigenvalue weighted by Crippen LogP contribution is 2.37. The smallest absolute Gasteiger partial charge is 0.166 e. The zero-order chi connectivity index (χ0) is 102. The third-order valence-corrected chi connectivity index (χ3v) is 29.3. The van der Waals surface area contributed by atoms with Gasteiger partial charge in [0.2, 0.25) is 0 Å². The first-order valence-electron chi connectivity index (χ1n) is 39.3. The highest BCUT2D eigenvalue weighted by Gasteiger charge is 2.24. The van der Waals surface area contributed by atoms with Crippen molar-refractivity contribution >= 4 is 222 Å². The summed E-state index contributed by atoms with van der Waals surface area (Å²) < 4.78 is 281. The summed E-state index contributed by atoms with van der Waals surface area (Å²) >= 11 is 0. The fourth-order valence-corrected chi connectivity index (χ4v) is 9.67. The predicted molar refractivity (Wildman–Crippen MR) is 518 cm³/mol. The summed E-state index contributed by atoms with van der Waals surface area (Å²) in [6.07, 6.45) is 0.984. The molecule has 0 spiro atoms. The average molecular weight is 2010 g/mol. The Balaban J connectivity index is -0.00000142. The molecule has 0 fully saturated rings. The van der Waals surface area contributed by atoms with Gasteiger partial charge in [-0.15, -0.1) is 0 Å². The van der Waals surface area contributed by atoms with Crippen LogP contribution in [0.25, 0.3) is 131 Å². The Morgan fingerprint density at radius 2 is 0.269 bits per heavy atom. The molecule has 0 aliphatic heterocycles. The Bertz CT molecular complexity index is 6280. The summed E-state index contributed by atoms with van der Waals surface area (Å²) in [5.41, 5.74) is 11.5. The molecule has 0 unspecified atom stereocenters. The van der Waals surface area contributed by atoms with E-state index < -0.39 is 91.5 Å². The number of hydrogen-bond donors (Lipinski definition) is 4. The van der Waals surface area contributed by atoms with Crippen molar-refractivity contribution in [3.05, 3.63) is 218 Å². The fraction of sp³-hybridized carbons (Fsp3) is 0.286. The van der Waals surface area contributed by atoms with Crippen molar-refractivity contribution in [2.24, 2.45) is 0 Å². The summed E-state index contributed by atoms with van der Waals surface area (Å²) in [5, 5.41) is 14.4. The number of nitrogens with zero attached hydrogens (tertiary/aromatic N) is 6. The van der Waals surface area contributed by atoms with Gasteiger partial charge in [0.15, 0.2) is 36.6 Å². The normalized spacial score (nSPS) is 12.3. The van der Waals surface area contributed by atoms with Crippen molar-refractivity contribution in [1.82, 2.24) is 29.9 Å². The molecule has 0 saturated heterocycles. The Morgan fingerprint density at radius 1 is 0.200 bits per heavy atom. The molecule has 36 nitrogen and oxygen atoms in total. The molecule has 0 aliphatic carbocycles. The molecule has 0 amide bonds. The van der Waals surface area contributed by atoms with Crippen molar-refractivity contribution in [2.75, 3.05) is 37.5 Å². The summed E-state index contributed by atoms with van der Waals surface area (Å²) in [5.74, 6) is 0. The van der Waals surface area contributed by atoms with Crippen molar-refractivity contribution in [3.8, 4) is 0 Å². The van der Waals surface area contributed by atoms with Gasteiger partial charge >= 0.3 is 0 Å². The SMILES string of the molecule is CC.CC.CC.CC.CC.CC.CC.CC.CC.CS(=O)(=O)[O-].CS(=O)(=O)[O-].CS(=O)([O-])(O)S(=O)(=O)[O-].CS(=O)([O-])(O)S(=O)(=O)[O-].CS(=O)([O-])(O)S(=O)(=O)[O-].CS(=O)([O-])(O)S(=O)(=O)[O-].c1ccc2nc3c4ccccc4c4ccccc4c3nc2c1.c1ccc2nc3c4ccccc4c4ccccc4c3nc2c1.c1ccc2nc3c4ccccc4c4ccccc4c3nc2c1. The van der Waals surface area contributed by atoms with E-state index in [9.17, 15) is 86.9 Å². The molecule has 0 saturated carbocycles. The van der Waals surface area contributed by atoms with Gasteiger partial charge in [-0.2, -0.15) is 0 Å². The van der Waals surface area contributed by atoms with Gasteiger partial charge in [0.25, 0.3) is 0 Å². The van der Waals surface area contributed by atoms with Crippen molar-refractivity contribution < 1.29 is 131 Å². The number of aromatic nitrogens is 6. The van der Waals surface area contributed by atoms with Crippen LogP contribution in [-0.2, 0) is 91.5 Å². The van der Waals surface area contributed by atoms with Crippen molar-refractivity contribution in [2.45, 2.75) is 125 Å². The first-order valence-corrected chi connectivity index (χ1v) is 59.7. The molecule has 3 aromatic heterocycles. The van der Waals surface area contributed by atoms with Crippen LogP contribution >= 0.6 is 0 Å². The fourth-order valence-electron chi connectivity index (χ4n) is 9.67. The van der Waals surface area contributed by atoms with Crippen LogP contribution in [-0.4, -0.2) is 199 Å².